The second-order valence-corrected chi connectivity index (χ2v) is 10.4. The lowest BCUT2D eigenvalue weighted by atomic mass is 9.93. The molecule has 1 aliphatic heterocycles. The van der Waals surface area contributed by atoms with Gasteiger partial charge in [-0.1, -0.05) is 30.3 Å². The summed E-state index contributed by atoms with van der Waals surface area (Å²) in [6.07, 6.45) is 3.76. The summed E-state index contributed by atoms with van der Waals surface area (Å²) in [7, 11) is 0. The Morgan fingerprint density at radius 2 is 1.81 bits per heavy atom. The fourth-order valence-corrected chi connectivity index (χ4v) is 5.46. The Labute approximate surface area is 203 Å². The SMILES string of the molecule is CC(=O)c1ccc(CN(C(=O)C2CC23CCCN(C(C)=O)CC3)c2cccc(I)c2)cc1. The second-order valence-electron chi connectivity index (χ2n) is 9.14. The van der Waals surface area contributed by atoms with Crippen LogP contribution in [-0.4, -0.2) is 35.6 Å². The molecule has 0 bridgehead atoms. The summed E-state index contributed by atoms with van der Waals surface area (Å²) >= 11 is 2.27. The topological polar surface area (TPSA) is 57.7 Å². The maximum absolute atomic E-state index is 13.8. The van der Waals surface area contributed by atoms with E-state index in [2.05, 4.69) is 22.6 Å². The van der Waals surface area contributed by atoms with E-state index in [-0.39, 0.29) is 28.9 Å². The van der Waals surface area contributed by atoms with Crippen molar-refractivity contribution < 1.29 is 14.4 Å². The summed E-state index contributed by atoms with van der Waals surface area (Å²) in [6.45, 7) is 5.20. The number of likely N-dealkylation sites (tertiary alicyclic amines) is 1. The summed E-state index contributed by atoms with van der Waals surface area (Å²) in [6, 6.07) is 15.6. The first-order valence-electron chi connectivity index (χ1n) is 11.2. The van der Waals surface area contributed by atoms with Gasteiger partial charge in [0, 0.05) is 40.8 Å². The normalized spacial score (nSPS) is 22.3. The second kappa shape index (κ2) is 9.33. The highest BCUT2D eigenvalue weighted by atomic mass is 127. The Balaban J connectivity index is 1.56. The van der Waals surface area contributed by atoms with E-state index in [0.717, 1.165) is 53.6 Å². The van der Waals surface area contributed by atoms with Crippen LogP contribution in [0.4, 0.5) is 5.69 Å². The van der Waals surface area contributed by atoms with Gasteiger partial charge in [0.1, 0.15) is 0 Å². The Hall–Kier alpha value is -2.22. The van der Waals surface area contributed by atoms with Crippen molar-refractivity contribution in [2.75, 3.05) is 18.0 Å². The minimum atomic E-state index is 0.00349. The van der Waals surface area contributed by atoms with Gasteiger partial charge in [-0.05, 0) is 84.4 Å². The number of halogens is 1. The number of hydrogen-bond acceptors (Lipinski definition) is 3. The summed E-state index contributed by atoms with van der Waals surface area (Å²) in [5.74, 6) is 0.331. The van der Waals surface area contributed by atoms with Crippen LogP contribution in [-0.2, 0) is 16.1 Å². The molecule has 32 heavy (non-hydrogen) atoms. The smallest absolute Gasteiger partial charge is 0.230 e. The van der Waals surface area contributed by atoms with E-state index in [1.807, 2.05) is 58.3 Å². The summed E-state index contributed by atoms with van der Waals surface area (Å²) < 4.78 is 1.09. The average molecular weight is 544 g/mol. The maximum atomic E-state index is 13.8. The first-order valence-corrected chi connectivity index (χ1v) is 12.3. The van der Waals surface area contributed by atoms with Gasteiger partial charge in [0.25, 0.3) is 0 Å². The largest absolute Gasteiger partial charge is 0.343 e. The molecule has 0 N–H and O–H groups in total. The van der Waals surface area contributed by atoms with Crippen LogP contribution in [0.5, 0.6) is 0 Å². The number of hydrogen-bond donors (Lipinski definition) is 0. The molecule has 168 valence electrons. The Morgan fingerprint density at radius 1 is 1.06 bits per heavy atom. The van der Waals surface area contributed by atoms with Crippen LogP contribution in [0.3, 0.4) is 0 Å². The molecule has 2 atom stereocenters. The number of amides is 2. The molecule has 5 nitrogen and oxygen atoms in total. The van der Waals surface area contributed by atoms with Gasteiger partial charge in [0.2, 0.25) is 11.8 Å². The number of benzene rings is 2. The van der Waals surface area contributed by atoms with Gasteiger partial charge in [-0.25, -0.2) is 0 Å². The standard InChI is InChI=1S/C26H29IN2O3/c1-18(30)21-9-7-20(8-10-21)17-29(23-6-3-5-22(27)15-23)25(32)24-16-26(24)11-4-13-28(14-12-26)19(2)31/h3,5-10,15,24H,4,11-14,16-17H2,1-2H3. The molecule has 2 unspecified atom stereocenters. The van der Waals surface area contributed by atoms with E-state index in [1.165, 1.54) is 0 Å². The molecule has 0 aromatic heterocycles. The molecule has 2 fully saturated rings. The van der Waals surface area contributed by atoms with Crippen molar-refractivity contribution in [3.63, 3.8) is 0 Å². The van der Waals surface area contributed by atoms with Gasteiger partial charge in [-0.3, -0.25) is 14.4 Å². The molecule has 1 heterocycles. The van der Waals surface area contributed by atoms with Crippen molar-refractivity contribution in [2.45, 2.75) is 46.1 Å². The lowest BCUT2D eigenvalue weighted by Gasteiger charge is -2.25. The molecule has 6 heteroatoms. The van der Waals surface area contributed by atoms with Gasteiger partial charge in [-0.15, -0.1) is 0 Å². The van der Waals surface area contributed by atoms with E-state index in [9.17, 15) is 14.4 Å². The highest BCUT2D eigenvalue weighted by Gasteiger charge is 2.58. The number of rotatable bonds is 5. The van der Waals surface area contributed by atoms with Gasteiger partial charge in [0.15, 0.2) is 5.78 Å². The van der Waals surface area contributed by atoms with E-state index >= 15 is 0 Å². The highest BCUT2D eigenvalue weighted by molar-refractivity contribution is 14.1. The van der Waals surface area contributed by atoms with Crippen LogP contribution in [0, 0.1) is 14.9 Å². The maximum Gasteiger partial charge on any atom is 0.230 e. The molecule has 2 aliphatic rings. The zero-order chi connectivity index (χ0) is 22.9. The molecule has 2 aromatic carbocycles. The molecule has 0 radical (unpaired) electrons. The minimum absolute atomic E-state index is 0.00349. The third kappa shape index (κ3) is 4.90. The number of Topliss-reactive ketones (excluding diaryl/α,β-unsaturated/α-hetero) is 1. The summed E-state index contributed by atoms with van der Waals surface area (Å²) in [5.41, 5.74) is 2.61. The Kier molecular flexibility index (Phi) is 6.70. The average Bonchev–Trinajstić information content (AvgIpc) is 3.52. The molecule has 4 rings (SSSR count). The Bertz CT molecular complexity index is 1040. The lowest BCUT2D eigenvalue weighted by molar-refractivity contribution is -0.128. The van der Waals surface area contributed by atoms with Crippen molar-refractivity contribution in [1.29, 1.82) is 0 Å². The van der Waals surface area contributed by atoms with E-state index in [1.54, 1.807) is 13.8 Å². The molecular weight excluding hydrogens is 515 g/mol. The van der Waals surface area contributed by atoms with E-state index in [0.29, 0.717) is 12.1 Å². The highest BCUT2D eigenvalue weighted by Crippen LogP contribution is 2.60. The van der Waals surface area contributed by atoms with Crippen LogP contribution in [0.15, 0.2) is 48.5 Å². The first kappa shape index (κ1) is 23.0. The van der Waals surface area contributed by atoms with Crippen molar-refractivity contribution in [2.24, 2.45) is 11.3 Å². The third-order valence-electron chi connectivity index (χ3n) is 7.00. The monoisotopic (exact) mass is 544 g/mol. The molecule has 2 amide bonds. The van der Waals surface area contributed by atoms with Crippen LogP contribution in [0.2, 0.25) is 0 Å². The number of carbonyl (C=O) groups excluding carboxylic acids is 3. The van der Waals surface area contributed by atoms with Crippen molar-refractivity contribution in [3.05, 3.63) is 63.2 Å². The predicted octanol–water partition coefficient (Wildman–Crippen LogP) is 5.07. The van der Waals surface area contributed by atoms with Crippen LogP contribution in [0.25, 0.3) is 0 Å². The molecule has 1 saturated heterocycles. The van der Waals surface area contributed by atoms with Crippen molar-refractivity contribution >= 4 is 45.9 Å². The van der Waals surface area contributed by atoms with Crippen molar-refractivity contribution in [3.8, 4) is 0 Å². The zero-order valence-electron chi connectivity index (χ0n) is 18.6. The van der Waals surface area contributed by atoms with Crippen LogP contribution < -0.4 is 4.90 Å². The first-order chi connectivity index (χ1) is 15.3. The summed E-state index contributed by atoms with van der Waals surface area (Å²) in [4.78, 5) is 41.0. The fourth-order valence-electron chi connectivity index (χ4n) is 4.94. The fraction of sp³-hybridized carbons (Fsp3) is 0.423. The molecule has 1 saturated carbocycles. The number of carbonyl (C=O) groups is 3. The molecule has 1 aliphatic carbocycles. The van der Waals surface area contributed by atoms with E-state index in [4.69, 9.17) is 0 Å². The molecule has 1 spiro atoms. The number of nitrogens with zero attached hydrogens (tertiary/aromatic N) is 2. The molecular formula is C26H29IN2O3. The third-order valence-corrected chi connectivity index (χ3v) is 7.67. The quantitative estimate of drug-likeness (QED) is 0.391. The van der Waals surface area contributed by atoms with Gasteiger partial charge < -0.3 is 9.80 Å². The zero-order valence-corrected chi connectivity index (χ0v) is 20.8. The van der Waals surface area contributed by atoms with Crippen molar-refractivity contribution in [1.82, 2.24) is 4.90 Å². The van der Waals surface area contributed by atoms with Crippen LogP contribution >= 0.6 is 22.6 Å². The van der Waals surface area contributed by atoms with Gasteiger partial charge in [0.05, 0.1) is 6.54 Å². The van der Waals surface area contributed by atoms with Gasteiger partial charge in [-0.2, -0.15) is 0 Å². The molecule has 2 aromatic rings. The van der Waals surface area contributed by atoms with Gasteiger partial charge >= 0.3 is 0 Å². The minimum Gasteiger partial charge on any atom is -0.343 e. The van der Waals surface area contributed by atoms with Crippen LogP contribution in [0.1, 0.15) is 55.5 Å². The number of anilines is 1. The summed E-state index contributed by atoms with van der Waals surface area (Å²) in [5, 5.41) is 0. The predicted molar refractivity (Wildman–Crippen MR) is 133 cm³/mol. The number of ketones is 1. The Morgan fingerprint density at radius 3 is 2.47 bits per heavy atom. The lowest BCUT2D eigenvalue weighted by Crippen LogP contribution is -2.34. The van der Waals surface area contributed by atoms with E-state index < -0.39 is 0 Å².